The quantitative estimate of drug-likeness (QED) is 0.339. The van der Waals surface area contributed by atoms with E-state index in [4.69, 9.17) is 39.5 Å². The van der Waals surface area contributed by atoms with Gasteiger partial charge in [0.2, 0.25) is 3.79 Å². The van der Waals surface area contributed by atoms with E-state index >= 15 is 0 Å². The van der Waals surface area contributed by atoms with Crippen LogP contribution in [0.15, 0.2) is 11.6 Å². The third kappa shape index (κ3) is 4.13. The monoisotopic (exact) mass is 475 g/mol. The van der Waals surface area contributed by atoms with Gasteiger partial charge in [0.05, 0.1) is 0 Å². The summed E-state index contributed by atoms with van der Waals surface area (Å²) in [5, 5.41) is 3.03. The fourth-order valence-corrected chi connectivity index (χ4v) is 8.20. The number of hydrogen-bond donors (Lipinski definition) is 1. The summed E-state index contributed by atoms with van der Waals surface area (Å²) in [5.41, 5.74) is 2.48. The topological polar surface area (TPSA) is 38.3 Å². The van der Waals surface area contributed by atoms with Gasteiger partial charge in [0.25, 0.3) is 0 Å². The van der Waals surface area contributed by atoms with Crippen LogP contribution in [0.4, 0.5) is 4.79 Å². The molecule has 0 aromatic heterocycles. The Morgan fingerprint density at radius 1 is 1.20 bits per heavy atom. The summed E-state index contributed by atoms with van der Waals surface area (Å²) < 4.78 is 3.53. The molecule has 0 unspecified atom stereocenters. The SMILES string of the molecule is C[C@H](NC(=O)OCC(Cl)(Cl)Cl)[C@H]1CC[C@H]2[C@@H]3CC=C4CCCC[C@]4(C)[C@H]3CC[C@]12C. The van der Waals surface area contributed by atoms with E-state index in [1.165, 1.54) is 57.8 Å². The van der Waals surface area contributed by atoms with Crippen molar-refractivity contribution >= 4 is 40.9 Å². The van der Waals surface area contributed by atoms with E-state index in [-0.39, 0.29) is 18.1 Å². The third-order valence-corrected chi connectivity index (χ3v) is 9.73. The molecule has 3 fully saturated rings. The van der Waals surface area contributed by atoms with Crippen LogP contribution >= 0.6 is 34.8 Å². The van der Waals surface area contributed by atoms with Gasteiger partial charge in [-0.3, -0.25) is 0 Å². The Kier molecular flexibility index (Phi) is 6.41. The first-order valence-corrected chi connectivity index (χ1v) is 12.9. The lowest BCUT2D eigenvalue weighted by molar-refractivity contribution is -0.0455. The highest BCUT2D eigenvalue weighted by Gasteiger charge is 2.59. The van der Waals surface area contributed by atoms with Crippen molar-refractivity contribution in [2.24, 2.45) is 34.5 Å². The Morgan fingerprint density at radius 2 is 1.97 bits per heavy atom. The van der Waals surface area contributed by atoms with Crippen LogP contribution < -0.4 is 5.32 Å². The Morgan fingerprint density at radius 3 is 2.70 bits per heavy atom. The maximum Gasteiger partial charge on any atom is 0.407 e. The lowest BCUT2D eigenvalue weighted by atomic mass is 9.47. The molecule has 4 rings (SSSR count). The summed E-state index contributed by atoms with van der Waals surface area (Å²) in [5.74, 6) is 2.85. The first kappa shape index (κ1) is 23.1. The van der Waals surface area contributed by atoms with Crippen molar-refractivity contribution in [3.8, 4) is 0 Å². The second-order valence-corrected chi connectivity index (χ2v) is 13.3. The number of allylic oxidation sites excluding steroid dienone is 2. The second kappa shape index (κ2) is 8.34. The molecule has 30 heavy (non-hydrogen) atoms. The van der Waals surface area contributed by atoms with Crippen molar-refractivity contribution in [1.82, 2.24) is 5.32 Å². The van der Waals surface area contributed by atoms with Gasteiger partial charge in [-0.2, -0.15) is 0 Å². The fraction of sp³-hybridized carbons (Fsp3) is 0.875. The highest BCUT2D eigenvalue weighted by molar-refractivity contribution is 6.67. The van der Waals surface area contributed by atoms with Gasteiger partial charge in [-0.05, 0) is 92.8 Å². The maximum absolute atomic E-state index is 12.2. The molecular weight excluding hydrogens is 441 g/mol. The molecule has 0 spiro atoms. The van der Waals surface area contributed by atoms with Gasteiger partial charge in [-0.1, -0.05) is 66.7 Å². The number of amides is 1. The molecule has 4 aliphatic carbocycles. The lowest BCUT2D eigenvalue weighted by Gasteiger charge is -2.58. The number of alkyl carbamates (subject to hydrolysis) is 1. The molecule has 0 aromatic rings. The average Bonchev–Trinajstić information content (AvgIpc) is 3.02. The third-order valence-electron chi connectivity index (χ3n) is 9.41. The molecule has 0 heterocycles. The van der Waals surface area contributed by atoms with Crippen molar-refractivity contribution in [3.63, 3.8) is 0 Å². The Bertz CT molecular complexity index is 705. The number of carbonyl (C=O) groups excluding carboxylic acids is 1. The van der Waals surface area contributed by atoms with Crippen molar-refractivity contribution in [2.75, 3.05) is 6.61 Å². The predicted octanol–water partition coefficient (Wildman–Crippen LogP) is 7.44. The van der Waals surface area contributed by atoms with Crippen molar-refractivity contribution in [1.29, 1.82) is 0 Å². The van der Waals surface area contributed by atoms with Crippen molar-refractivity contribution < 1.29 is 9.53 Å². The summed E-state index contributed by atoms with van der Waals surface area (Å²) in [6.07, 6.45) is 13.9. The fourth-order valence-electron chi connectivity index (χ4n) is 8.04. The summed E-state index contributed by atoms with van der Waals surface area (Å²) >= 11 is 17.1. The van der Waals surface area contributed by atoms with Gasteiger partial charge in [0.1, 0.15) is 6.61 Å². The van der Waals surface area contributed by atoms with Crippen LogP contribution in [-0.4, -0.2) is 22.5 Å². The standard InChI is InChI=1S/C24H36Cl3NO2/c1-15(28-21(29)30-14-24(25,26)27)18-9-10-19-17-8-7-16-6-4-5-12-22(16,2)20(17)11-13-23(18,19)3/h7,15,17-20H,4-6,8-14H2,1-3H3,(H,28,29)/t15-,17-,18+,19-,20-,22-,23+/m0/s1. The number of halogens is 3. The molecule has 6 heteroatoms. The van der Waals surface area contributed by atoms with E-state index in [2.05, 4.69) is 32.2 Å². The van der Waals surface area contributed by atoms with Crippen LogP contribution in [0, 0.1) is 34.5 Å². The van der Waals surface area contributed by atoms with E-state index in [9.17, 15) is 4.79 Å². The summed E-state index contributed by atoms with van der Waals surface area (Å²) in [4.78, 5) is 12.2. The molecule has 0 bridgehead atoms. The number of carbonyl (C=O) groups is 1. The zero-order chi connectivity index (χ0) is 21.7. The van der Waals surface area contributed by atoms with Crippen LogP contribution in [0.1, 0.15) is 78.6 Å². The first-order valence-electron chi connectivity index (χ1n) is 11.7. The van der Waals surface area contributed by atoms with E-state index < -0.39 is 9.89 Å². The molecule has 0 saturated heterocycles. The Hall–Kier alpha value is -0.120. The number of alkyl halides is 3. The molecular formula is C24H36Cl3NO2. The lowest BCUT2D eigenvalue weighted by Crippen LogP contribution is -2.52. The molecule has 7 atom stereocenters. The minimum atomic E-state index is -1.58. The van der Waals surface area contributed by atoms with Crippen LogP contribution in [-0.2, 0) is 4.74 Å². The summed E-state index contributed by atoms with van der Waals surface area (Å²) in [7, 11) is 0. The molecule has 1 amide bonds. The van der Waals surface area contributed by atoms with Crippen LogP contribution in [0.25, 0.3) is 0 Å². The minimum absolute atomic E-state index is 0.0550. The molecule has 1 N–H and O–H groups in total. The number of nitrogens with one attached hydrogen (secondary N) is 1. The van der Waals surface area contributed by atoms with E-state index in [1.54, 1.807) is 5.57 Å². The Balaban J connectivity index is 1.45. The van der Waals surface area contributed by atoms with Crippen LogP contribution in [0.3, 0.4) is 0 Å². The summed E-state index contributed by atoms with van der Waals surface area (Å²) in [6.45, 7) is 6.92. The zero-order valence-electron chi connectivity index (χ0n) is 18.5. The molecule has 0 aromatic carbocycles. The van der Waals surface area contributed by atoms with Crippen LogP contribution in [0.5, 0.6) is 0 Å². The Labute approximate surface area is 196 Å². The second-order valence-electron chi connectivity index (χ2n) is 10.8. The minimum Gasteiger partial charge on any atom is -0.445 e. The molecule has 3 saturated carbocycles. The van der Waals surface area contributed by atoms with Gasteiger partial charge in [-0.25, -0.2) is 4.79 Å². The molecule has 170 valence electrons. The smallest absolute Gasteiger partial charge is 0.407 e. The molecule has 4 aliphatic rings. The van der Waals surface area contributed by atoms with Gasteiger partial charge in [0, 0.05) is 6.04 Å². The van der Waals surface area contributed by atoms with Crippen molar-refractivity contribution in [2.45, 2.75) is 88.4 Å². The molecule has 0 radical (unpaired) electrons. The molecule has 0 aliphatic heterocycles. The van der Waals surface area contributed by atoms with E-state index in [0.717, 1.165) is 17.8 Å². The average molecular weight is 477 g/mol. The van der Waals surface area contributed by atoms with E-state index in [1.807, 2.05) is 0 Å². The number of ether oxygens (including phenoxy) is 1. The summed E-state index contributed by atoms with van der Waals surface area (Å²) in [6, 6.07) is 0.0550. The van der Waals surface area contributed by atoms with Gasteiger partial charge >= 0.3 is 6.09 Å². The number of hydrogen-bond acceptors (Lipinski definition) is 2. The van der Waals surface area contributed by atoms with Gasteiger partial charge in [-0.15, -0.1) is 0 Å². The largest absolute Gasteiger partial charge is 0.445 e. The highest BCUT2D eigenvalue weighted by atomic mass is 35.6. The maximum atomic E-state index is 12.2. The normalized spacial score (nSPS) is 41.7. The first-order chi connectivity index (χ1) is 14.0. The predicted molar refractivity (Wildman–Crippen MR) is 124 cm³/mol. The van der Waals surface area contributed by atoms with Crippen LogP contribution in [0.2, 0.25) is 0 Å². The zero-order valence-corrected chi connectivity index (χ0v) is 20.8. The number of fused-ring (bicyclic) bond motifs is 5. The highest BCUT2D eigenvalue weighted by Crippen LogP contribution is 2.66. The molecule has 3 nitrogen and oxygen atoms in total. The van der Waals surface area contributed by atoms with Crippen molar-refractivity contribution in [3.05, 3.63) is 11.6 Å². The number of rotatable bonds is 3. The van der Waals surface area contributed by atoms with Gasteiger partial charge < -0.3 is 10.1 Å². The van der Waals surface area contributed by atoms with E-state index in [0.29, 0.717) is 11.3 Å². The van der Waals surface area contributed by atoms with Gasteiger partial charge in [0.15, 0.2) is 0 Å².